The second kappa shape index (κ2) is 7.59. The SMILES string of the molecule is CNC(Cc1ccc(F)c(Br)c1)Cc1c(Cl)cccc1Cl. The molecule has 1 nitrogen and oxygen atoms in total. The summed E-state index contributed by atoms with van der Waals surface area (Å²) in [6.45, 7) is 0. The number of nitrogens with one attached hydrogen (secondary N) is 1. The number of likely N-dealkylation sites (N-methyl/N-ethyl adjacent to an activating group) is 1. The molecule has 0 fully saturated rings. The van der Waals surface area contributed by atoms with E-state index in [1.165, 1.54) is 6.07 Å². The fourth-order valence-electron chi connectivity index (χ4n) is 2.20. The first-order chi connectivity index (χ1) is 10.0. The number of hydrogen-bond acceptors (Lipinski definition) is 1. The molecular formula is C16H15BrCl2FN. The van der Waals surface area contributed by atoms with Gasteiger partial charge in [-0.25, -0.2) is 4.39 Å². The Morgan fingerprint density at radius 2 is 1.81 bits per heavy atom. The topological polar surface area (TPSA) is 12.0 Å². The minimum absolute atomic E-state index is 0.166. The van der Waals surface area contributed by atoms with Crippen LogP contribution in [0.15, 0.2) is 40.9 Å². The monoisotopic (exact) mass is 389 g/mol. The lowest BCUT2D eigenvalue weighted by molar-refractivity contribution is 0.555. The Balaban J connectivity index is 2.15. The molecule has 2 aromatic rings. The zero-order valence-corrected chi connectivity index (χ0v) is 14.6. The van der Waals surface area contributed by atoms with Crippen LogP contribution in [-0.4, -0.2) is 13.1 Å². The Morgan fingerprint density at radius 1 is 1.14 bits per heavy atom. The highest BCUT2D eigenvalue weighted by Crippen LogP contribution is 2.26. The Hall–Kier alpha value is -0.610. The Morgan fingerprint density at radius 3 is 2.38 bits per heavy atom. The van der Waals surface area contributed by atoms with E-state index in [0.29, 0.717) is 20.9 Å². The van der Waals surface area contributed by atoms with Gasteiger partial charge in [-0.1, -0.05) is 35.3 Å². The summed E-state index contributed by atoms with van der Waals surface area (Å²) in [6, 6.07) is 10.7. The zero-order valence-electron chi connectivity index (χ0n) is 11.5. The standard InChI is InChI=1S/C16H15BrCl2FN/c1-21-11(7-10-5-6-16(20)13(17)8-10)9-12-14(18)3-2-4-15(12)19/h2-6,8,11,21H,7,9H2,1H3. The van der Waals surface area contributed by atoms with Crippen LogP contribution in [0.1, 0.15) is 11.1 Å². The molecule has 5 heteroatoms. The quantitative estimate of drug-likeness (QED) is 0.733. The lowest BCUT2D eigenvalue weighted by Gasteiger charge is -2.18. The van der Waals surface area contributed by atoms with Gasteiger partial charge < -0.3 is 5.32 Å². The predicted molar refractivity (Wildman–Crippen MR) is 90.8 cm³/mol. The van der Waals surface area contributed by atoms with Crippen molar-refractivity contribution in [2.45, 2.75) is 18.9 Å². The summed E-state index contributed by atoms with van der Waals surface area (Å²) in [5.41, 5.74) is 1.98. The number of rotatable bonds is 5. The van der Waals surface area contributed by atoms with Crippen molar-refractivity contribution in [2.75, 3.05) is 7.05 Å². The van der Waals surface area contributed by atoms with E-state index in [0.717, 1.165) is 17.5 Å². The van der Waals surface area contributed by atoms with E-state index in [-0.39, 0.29) is 11.9 Å². The van der Waals surface area contributed by atoms with Crippen molar-refractivity contribution < 1.29 is 4.39 Å². The van der Waals surface area contributed by atoms with Gasteiger partial charge in [-0.2, -0.15) is 0 Å². The van der Waals surface area contributed by atoms with Gasteiger partial charge in [0.15, 0.2) is 0 Å². The maximum absolute atomic E-state index is 13.3. The first kappa shape index (κ1) is 16.8. The molecule has 0 radical (unpaired) electrons. The van der Waals surface area contributed by atoms with Gasteiger partial charge in [-0.15, -0.1) is 0 Å². The number of hydrogen-bond donors (Lipinski definition) is 1. The number of halogens is 4. The van der Waals surface area contributed by atoms with Crippen LogP contribution in [0.4, 0.5) is 4.39 Å². The second-order valence-corrected chi connectivity index (χ2v) is 6.51. The molecule has 1 N–H and O–H groups in total. The van der Waals surface area contributed by atoms with Gasteiger partial charge in [-0.3, -0.25) is 0 Å². The fourth-order valence-corrected chi connectivity index (χ4v) is 3.18. The minimum Gasteiger partial charge on any atom is -0.316 e. The second-order valence-electron chi connectivity index (χ2n) is 4.84. The van der Waals surface area contributed by atoms with Gasteiger partial charge in [-0.05, 0) is 71.2 Å². The van der Waals surface area contributed by atoms with Crippen LogP contribution in [0, 0.1) is 5.82 Å². The van der Waals surface area contributed by atoms with Crippen LogP contribution in [0.25, 0.3) is 0 Å². The third-order valence-corrected chi connectivity index (χ3v) is 4.70. The van der Waals surface area contributed by atoms with E-state index in [1.54, 1.807) is 12.1 Å². The molecule has 21 heavy (non-hydrogen) atoms. The van der Waals surface area contributed by atoms with Crippen LogP contribution >= 0.6 is 39.1 Å². The summed E-state index contributed by atoms with van der Waals surface area (Å²) in [4.78, 5) is 0. The van der Waals surface area contributed by atoms with Crippen LogP contribution in [0.3, 0.4) is 0 Å². The van der Waals surface area contributed by atoms with Gasteiger partial charge in [0.1, 0.15) is 5.82 Å². The molecule has 0 spiro atoms. The van der Waals surface area contributed by atoms with Gasteiger partial charge in [0.05, 0.1) is 4.47 Å². The van der Waals surface area contributed by atoms with E-state index < -0.39 is 0 Å². The van der Waals surface area contributed by atoms with Crippen molar-refractivity contribution in [3.05, 3.63) is 67.9 Å². The molecular weight excluding hydrogens is 376 g/mol. The summed E-state index contributed by atoms with van der Waals surface area (Å²) < 4.78 is 13.8. The van der Waals surface area contributed by atoms with Crippen LogP contribution < -0.4 is 5.32 Å². The Labute approximate surface area is 142 Å². The third kappa shape index (κ3) is 4.43. The van der Waals surface area contributed by atoms with Crippen molar-refractivity contribution in [2.24, 2.45) is 0 Å². The van der Waals surface area contributed by atoms with E-state index in [1.807, 2.05) is 25.2 Å². The van der Waals surface area contributed by atoms with Gasteiger partial charge >= 0.3 is 0 Å². The van der Waals surface area contributed by atoms with Crippen molar-refractivity contribution >= 4 is 39.1 Å². The Kier molecular flexibility index (Phi) is 6.06. The number of benzene rings is 2. The molecule has 112 valence electrons. The van der Waals surface area contributed by atoms with Crippen molar-refractivity contribution in [1.82, 2.24) is 5.32 Å². The fraction of sp³-hybridized carbons (Fsp3) is 0.250. The average Bonchev–Trinajstić information content (AvgIpc) is 2.45. The molecule has 0 saturated heterocycles. The van der Waals surface area contributed by atoms with Gasteiger partial charge in [0.2, 0.25) is 0 Å². The molecule has 2 rings (SSSR count). The molecule has 0 heterocycles. The largest absolute Gasteiger partial charge is 0.316 e. The van der Waals surface area contributed by atoms with Crippen LogP contribution in [0.5, 0.6) is 0 Å². The maximum atomic E-state index is 13.3. The molecule has 0 amide bonds. The first-order valence-corrected chi connectivity index (χ1v) is 8.10. The predicted octanol–water partition coefficient (Wildman–Crippen LogP) is 5.27. The first-order valence-electron chi connectivity index (χ1n) is 6.55. The highest BCUT2D eigenvalue weighted by atomic mass is 79.9. The molecule has 0 saturated carbocycles. The molecule has 0 aliphatic carbocycles. The van der Waals surface area contributed by atoms with Crippen LogP contribution in [-0.2, 0) is 12.8 Å². The van der Waals surface area contributed by atoms with Gasteiger partial charge in [0, 0.05) is 16.1 Å². The van der Waals surface area contributed by atoms with E-state index in [9.17, 15) is 4.39 Å². The van der Waals surface area contributed by atoms with Crippen molar-refractivity contribution in [3.8, 4) is 0 Å². The smallest absolute Gasteiger partial charge is 0.137 e. The Bertz CT molecular complexity index is 613. The van der Waals surface area contributed by atoms with E-state index >= 15 is 0 Å². The molecule has 0 aliphatic rings. The lowest BCUT2D eigenvalue weighted by atomic mass is 9.99. The summed E-state index contributed by atoms with van der Waals surface area (Å²) in [5.74, 6) is -0.256. The molecule has 0 aromatic heterocycles. The summed E-state index contributed by atoms with van der Waals surface area (Å²) in [6.07, 6.45) is 1.47. The normalized spacial score (nSPS) is 12.4. The maximum Gasteiger partial charge on any atom is 0.137 e. The minimum atomic E-state index is -0.256. The molecule has 2 aromatic carbocycles. The lowest BCUT2D eigenvalue weighted by Crippen LogP contribution is -2.30. The van der Waals surface area contributed by atoms with Crippen LogP contribution in [0.2, 0.25) is 10.0 Å². The average molecular weight is 391 g/mol. The summed E-state index contributed by atoms with van der Waals surface area (Å²) in [5, 5.41) is 4.60. The molecule has 1 atom stereocenters. The van der Waals surface area contributed by atoms with Gasteiger partial charge in [0.25, 0.3) is 0 Å². The van der Waals surface area contributed by atoms with Crippen molar-refractivity contribution in [1.29, 1.82) is 0 Å². The van der Waals surface area contributed by atoms with Crippen molar-refractivity contribution in [3.63, 3.8) is 0 Å². The molecule has 0 aliphatic heterocycles. The highest BCUT2D eigenvalue weighted by molar-refractivity contribution is 9.10. The summed E-state index contributed by atoms with van der Waals surface area (Å²) in [7, 11) is 1.90. The zero-order chi connectivity index (χ0) is 15.4. The summed E-state index contributed by atoms with van der Waals surface area (Å²) >= 11 is 15.6. The van der Waals surface area contributed by atoms with E-state index in [4.69, 9.17) is 23.2 Å². The molecule has 0 bridgehead atoms. The van der Waals surface area contributed by atoms with E-state index in [2.05, 4.69) is 21.2 Å². The highest BCUT2D eigenvalue weighted by Gasteiger charge is 2.14. The third-order valence-electron chi connectivity index (χ3n) is 3.39. The molecule has 1 unspecified atom stereocenters.